The summed E-state index contributed by atoms with van der Waals surface area (Å²) in [6, 6.07) is 1.08. The molecule has 0 aliphatic carbocycles. The molecule has 0 radical (unpaired) electrons. The van der Waals surface area contributed by atoms with Crippen LogP contribution in [0, 0.1) is 6.92 Å². The van der Waals surface area contributed by atoms with Crippen molar-refractivity contribution in [1.82, 2.24) is 25.2 Å². The van der Waals surface area contributed by atoms with Crippen LogP contribution in [0.25, 0.3) is 11.1 Å². The fourth-order valence-electron chi connectivity index (χ4n) is 4.31. The average Bonchev–Trinajstić information content (AvgIpc) is 3.35. The number of nitrogens with one attached hydrogen (secondary N) is 1. The van der Waals surface area contributed by atoms with Crippen molar-refractivity contribution in [2.24, 2.45) is 0 Å². The minimum Gasteiger partial charge on any atom is -0.337 e. The van der Waals surface area contributed by atoms with Gasteiger partial charge in [0.1, 0.15) is 0 Å². The average molecular weight is 449 g/mol. The predicted octanol–water partition coefficient (Wildman–Crippen LogP) is 4.98. The molecule has 4 rings (SSSR count). The number of aromatic amines is 1. The van der Waals surface area contributed by atoms with Gasteiger partial charge in [-0.05, 0) is 38.2 Å². The van der Waals surface area contributed by atoms with Gasteiger partial charge in [0.2, 0.25) is 0 Å². The van der Waals surface area contributed by atoms with Crippen LogP contribution in [-0.4, -0.2) is 44.2 Å². The molecular weight excluding hydrogens is 423 g/mol. The highest BCUT2D eigenvalue weighted by Crippen LogP contribution is 2.41. The summed E-state index contributed by atoms with van der Waals surface area (Å²) in [7, 11) is 0. The van der Waals surface area contributed by atoms with Gasteiger partial charge in [0.15, 0.2) is 5.69 Å². The number of aryl methyl sites for hydroxylation is 1. The van der Waals surface area contributed by atoms with Gasteiger partial charge in [0, 0.05) is 36.0 Å². The van der Waals surface area contributed by atoms with Gasteiger partial charge in [0.25, 0.3) is 11.6 Å². The Bertz CT molecular complexity index is 1150. The summed E-state index contributed by atoms with van der Waals surface area (Å²) in [5.41, 5.74) is 1.66. The summed E-state index contributed by atoms with van der Waals surface area (Å²) in [6.45, 7) is 8.13. The molecule has 0 bridgehead atoms. The number of fused-ring (bicyclic) bond motifs is 1. The summed E-state index contributed by atoms with van der Waals surface area (Å²) < 4.78 is 47.0. The summed E-state index contributed by atoms with van der Waals surface area (Å²) in [6.07, 6.45) is -2.59. The third kappa shape index (κ3) is 3.86. The molecule has 4 heterocycles. The van der Waals surface area contributed by atoms with Crippen LogP contribution in [-0.2, 0) is 12.6 Å². The zero-order valence-corrected chi connectivity index (χ0v) is 18.5. The fourth-order valence-corrected chi connectivity index (χ4v) is 4.31. The number of amides is 1. The molecule has 1 amide bonds. The van der Waals surface area contributed by atoms with Gasteiger partial charge in [-0.2, -0.15) is 18.3 Å². The minimum atomic E-state index is -4.57. The van der Waals surface area contributed by atoms with E-state index in [4.69, 9.17) is 4.52 Å². The minimum absolute atomic E-state index is 0.106. The van der Waals surface area contributed by atoms with Crippen molar-refractivity contribution in [3.8, 4) is 0 Å². The summed E-state index contributed by atoms with van der Waals surface area (Å²) in [5, 5.41) is 10.9. The van der Waals surface area contributed by atoms with Gasteiger partial charge >= 0.3 is 6.18 Å². The molecule has 7 nitrogen and oxygen atoms in total. The van der Waals surface area contributed by atoms with Crippen molar-refractivity contribution in [3.63, 3.8) is 0 Å². The third-order valence-electron chi connectivity index (χ3n) is 6.15. The first-order chi connectivity index (χ1) is 15.1. The molecule has 1 fully saturated rings. The Kier molecular flexibility index (Phi) is 5.72. The normalized spacial score (nSPS) is 17.5. The first-order valence-corrected chi connectivity index (χ1v) is 10.8. The van der Waals surface area contributed by atoms with E-state index in [0.29, 0.717) is 30.8 Å². The van der Waals surface area contributed by atoms with E-state index in [1.165, 1.54) is 0 Å². The highest BCUT2D eigenvalue weighted by atomic mass is 19.4. The van der Waals surface area contributed by atoms with Crippen molar-refractivity contribution in [2.45, 2.75) is 65.0 Å². The number of piperidine rings is 1. The van der Waals surface area contributed by atoms with Gasteiger partial charge in [-0.15, -0.1) is 0 Å². The highest BCUT2D eigenvalue weighted by molar-refractivity contribution is 5.94. The summed E-state index contributed by atoms with van der Waals surface area (Å²) in [4.78, 5) is 19.0. The molecule has 1 saturated heterocycles. The van der Waals surface area contributed by atoms with Crippen LogP contribution in [0.2, 0.25) is 0 Å². The van der Waals surface area contributed by atoms with E-state index in [1.54, 1.807) is 18.7 Å². The molecule has 0 saturated carbocycles. The molecule has 1 aliphatic rings. The molecule has 0 aromatic carbocycles. The van der Waals surface area contributed by atoms with Crippen LogP contribution >= 0.6 is 0 Å². The lowest BCUT2D eigenvalue weighted by atomic mass is 9.91. The molecule has 1 N–H and O–H groups in total. The monoisotopic (exact) mass is 449 g/mol. The van der Waals surface area contributed by atoms with E-state index in [2.05, 4.69) is 20.3 Å². The van der Waals surface area contributed by atoms with Gasteiger partial charge in [0.05, 0.1) is 16.6 Å². The molecule has 1 atom stereocenters. The van der Waals surface area contributed by atoms with Crippen LogP contribution in [0.4, 0.5) is 13.2 Å². The number of H-pyrrole nitrogens is 1. The van der Waals surface area contributed by atoms with Gasteiger partial charge in [-0.1, -0.05) is 25.9 Å². The van der Waals surface area contributed by atoms with E-state index in [1.807, 2.05) is 13.8 Å². The third-order valence-corrected chi connectivity index (χ3v) is 6.15. The first-order valence-electron chi connectivity index (χ1n) is 10.8. The van der Waals surface area contributed by atoms with Crippen molar-refractivity contribution in [3.05, 3.63) is 40.0 Å². The van der Waals surface area contributed by atoms with Gasteiger partial charge in [-0.25, -0.2) is 4.98 Å². The lowest BCUT2D eigenvalue weighted by molar-refractivity contribution is -0.136. The molecule has 1 aliphatic heterocycles. The maximum atomic E-state index is 13.9. The van der Waals surface area contributed by atoms with Crippen LogP contribution < -0.4 is 0 Å². The van der Waals surface area contributed by atoms with Crippen molar-refractivity contribution >= 4 is 17.0 Å². The number of hydrogen-bond acceptors (Lipinski definition) is 5. The Balaban J connectivity index is 1.70. The van der Waals surface area contributed by atoms with Gasteiger partial charge in [-0.3, -0.25) is 9.89 Å². The molecule has 10 heteroatoms. The topological polar surface area (TPSA) is 87.9 Å². The second-order valence-electron chi connectivity index (χ2n) is 8.61. The number of aromatic nitrogens is 4. The molecule has 3 aromatic heterocycles. The summed E-state index contributed by atoms with van der Waals surface area (Å²) in [5.74, 6) is -0.805. The Hall–Kier alpha value is -2.91. The molecule has 172 valence electrons. The largest absolute Gasteiger partial charge is 0.417 e. The lowest BCUT2D eigenvalue weighted by Crippen LogP contribution is -2.39. The van der Waals surface area contributed by atoms with Crippen molar-refractivity contribution < 1.29 is 22.5 Å². The zero-order valence-electron chi connectivity index (χ0n) is 18.5. The maximum Gasteiger partial charge on any atom is 0.417 e. The quantitative estimate of drug-likeness (QED) is 0.607. The van der Waals surface area contributed by atoms with Gasteiger partial charge < -0.3 is 9.42 Å². The first kappa shape index (κ1) is 22.3. The SMILES string of the molecule is CCc1[nH]nc(C(=O)N2CCC[C@@H](c3noc4nc(C(C)C)cc(C(F)(F)F)c34)C2)c1C. The number of nitrogens with zero attached hydrogens (tertiary/aromatic N) is 4. The Labute approximate surface area is 183 Å². The number of alkyl halides is 3. The zero-order chi connectivity index (χ0) is 23.2. The maximum absolute atomic E-state index is 13.9. The van der Waals surface area contributed by atoms with Crippen LogP contribution in [0.3, 0.4) is 0 Å². The molecule has 0 unspecified atom stereocenters. The second-order valence-corrected chi connectivity index (χ2v) is 8.61. The predicted molar refractivity (Wildman–Crippen MR) is 111 cm³/mol. The number of halogens is 3. The number of hydrogen-bond donors (Lipinski definition) is 1. The van der Waals surface area contributed by atoms with Crippen molar-refractivity contribution in [1.29, 1.82) is 0 Å². The second kappa shape index (κ2) is 8.22. The Morgan fingerprint density at radius 2 is 2.12 bits per heavy atom. The van der Waals surface area contributed by atoms with Crippen LogP contribution in [0.15, 0.2) is 10.6 Å². The fraction of sp³-hybridized carbons (Fsp3) is 0.545. The Morgan fingerprint density at radius 3 is 2.75 bits per heavy atom. The number of carbonyl (C=O) groups excluding carboxylic acids is 1. The number of likely N-dealkylation sites (tertiary alicyclic amines) is 1. The molecule has 32 heavy (non-hydrogen) atoms. The molecule has 3 aromatic rings. The Morgan fingerprint density at radius 1 is 1.38 bits per heavy atom. The van der Waals surface area contributed by atoms with Crippen LogP contribution in [0.1, 0.15) is 84.1 Å². The number of carbonyl (C=O) groups is 1. The van der Waals surface area contributed by atoms with E-state index in [9.17, 15) is 18.0 Å². The molecular formula is C22H26F3N5O2. The van der Waals surface area contributed by atoms with Crippen LogP contribution in [0.5, 0.6) is 0 Å². The smallest absolute Gasteiger partial charge is 0.337 e. The van der Waals surface area contributed by atoms with E-state index >= 15 is 0 Å². The standard InChI is InChI=1S/C22H26F3N5O2/c1-5-15-12(4)18(28-27-15)21(31)30-8-6-7-13(10-30)19-17-14(22(23,24)25)9-16(11(2)3)26-20(17)32-29-19/h9,11,13H,5-8,10H2,1-4H3,(H,27,28)/t13-/m1/s1. The number of pyridine rings is 1. The van der Waals surface area contributed by atoms with Crippen molar-refractivity contribution in [2.75, 3.05) is 13.1 Å². The highest BCUT2D eigenvalue weighted by Gasteiger charge is 2.39. The van der Waals surface area contributed by atoms with E-state index < -0.39 is 11.7 Å². The lowest BCUT2D eigenvalue weighted by Gasteiger charge is -2.31. The number of rotatable bonds is 4. The summed E-state index contributed by atoms with van der Waals surface area (Å²) >= 11 is 0. The van der Waals surface area contributed by atoms with E-state index in [-0.39, 0.29) is 41.1 Å². The molecule has 0 spiro atoms. The van der Waals surface area contributed by atoms with E-state index in [0.717, 1.165) is 23.7 Å².